The maximum Gasteiger partial charge on any atom is 0.332 e. The van der Waals surface area contributed by atoms with Crippen LogP contribution < -0.4 is 17.0 Å². The van der Waals surface area contributed by atoms with Gasteiger partial charge in [0.25, 0.3) is 5.56 Å². The van der Waals surface area contributed by atoms with Gasteiger partial charge >= 0.3 is 5.69 Å². The molecule has 2 aromatic rings. The van der Waals surface area contributed by atoms with Crippen LogP contribution in [0.5, 0.6) is 0 Å². The molecule has 0 bridgehead atoms. The van der Waals surface area contributed by atoms with E-state index in [9.17, 15) is 14.4 Å². The summed E-state index contributed by atoms with van der Waals surface area (Å²) < 4.78 is 3.78. The number of carbonyl (C=O) groups is 1. The highest BCUT2D eigenvalue weighted by Gasteiger charge is 2.24. The van der Waals surface area contributed by atoms with Crippen molar-refractivity contribution in [1.82, 2.24) is 29.3 Å². The van der Waals surface area contributed by atoms with Gasteiger partial charge in [-0.05, 0) is 37.1 Å². The normalized spacial score (nSPS) is 12.0. The molecule has 0 aliphatic carbocycles. The molecular weight excluding hydrogens is 370 g/mol. The van der Waals surface area contributed by atoms with Gasteiger partial charge in [-0.3, -0.25) is 18.7 Å². The van der Waals surface area contributed by atoms with E-state index >= 15 is 0 Å². The van der Waals surface area contributed by atoms with E-state index in [2.05, 4.69) is 15.5 Å². The van der Waals surface area contributed by atoms with E-state index in [1.807, 2.05) is 34.6 Å². The number of hydrogen-bond acceptors (Lipinski definition) is 8. The molecule has 0 atom stereocenters. The summed E-state index contributed by atoms with van der Waals surface area (Å²) in [7, 11) is 1.34. The standard InChI is InChI=1S/C16H25N7O3S/c1-9(2)7-22-12(17)11(13(25)21(6)15(22)26)10(24)8-27-14-18-19-20-23(14)16(3,4)5/h9H,7-8,17H2,1-6H3. The van der Waals surface area contributed by atoms with E-state index < -0.39 is 17.0 Å². The first-order valence-corrected chi connectivity index (χ1v) is 9.47. The number of anilines is 1. The number of nitrogen functional groups attached to an aromatic ring is 1. The first-order chi connectivity index (χ1) is 12.4. The highest BCUT2D eigenvalue weighted by molar-refractivity contribution is 7.99. The average molecular weight is 395 g/mol. The van der Waals surface area contributed by atoms with E-state index in [-0.39, 0.29) is 28.6 Å². The lowest BCUT2D eigenvalue weighted by molar-refractivity contribution is 0.102. The monoisotopic (exact) mass is 395 g/mol. The van der Waals surface area contributed by atoms with Crippen molar-refractivity contribution in [2.45, 2.75) is 51.9 Å². The number of nitrogens with zero attached hydrogens (tertiary/aromatic N) is 6. The Labute approximate surface area is 160 Å². The second-order valence-corrected chi connectivity index (χ2v) is 8.61. The van der Waals surface area contributed by atoms with E-state index in [0.29, 0.717) is 11.7 Å². The van der Waals surface area contributed by atoms with Gasteiger partial charge in [0.1, 0.15) is 11.4 Å². The minimum atomic E-state index is -0.696. The predicted octanol–water partition coefficient (Wildman–Crippen LogP) is 0.502. The van der Waals surface area contributed by atoms with Gasteiger partial charge in [0, 0.05) is 13.6 Å². The number of Topliss-reactive ketones (excluding diaryl/α,β-unsaturated/α-hetero) is 1. The van der Waals surface area contributed by atoms with Crippen LogP contribution in [0.15, 0.2) is 14.7 Å². The number of ketones is 1. The second-order valence-electron chi connectivity index (χ2n) is 7.67. The first-order valence-electron chi connectivity index (χ1n) is 8.49. The molecule has 10 nitrogen and oxygen atoms in total. The molecule has 2 N–H and O–H groups in total. The average Bonchev–Trinajstić information content (AvgIpc) is 3.04. The summed E-state index contributed by atoms with van der Waals surface area (Å²) in [6, 6.07) is 0. The number of thioether (sulfide) groups is 1. The number of nitrogens with two attached hydrogens (primary N) is 1. The Morgan fingerprint density at radius 3 is 2.44 bits per heavy atom. The molecular formula is C16H25N7O3S. The molecule has 11 heteroatoms. The van der Waals surface area contributed by atoms with Crippen molar-refractivity contribution in [3.05, 3.63) is 26.4 Å². The largest absolute Gasteiger partial charge is 0.384 e. The molecule has 0 spiro atoms. The van der Waals surface area contributed by atoms with Crippen molar-refractivity contribution < 1.29 is 4.79 Å². The van der Waals surface area contributed by atoms with Crippen LogP contribution in [0.2, 0.25) is 0 Å². The molecule has 2 heterocycles. The summed E-state index contributed by atoms with van der Waals surface area (Å²) in [5, 5.41) is 12.0. The third-order valence-corrected chi connectivity index (χ3v) is 4.74. The van der Waals surface area contributed by atoms with Crippen molar-refractivity contribution in [2.24, 2.45) is 13.0 Å². The van der Waals surface area contributed by atoms with E-state index in [0.717, 1.165) is 16.3 Å². The van der Waals surface area contributed by atoms with Crippen molar-refractivity contribution in [2.75, 3.05) is 11.5 Å². The fraction of sp³-hybridized carbons (Fsp3) is 0.625. The van der Waals surface area contributed by atoms with Crippen molar-refractivity contribution in [1.29, 1.82) is 0 Å². The number of rotatable bonds is 6. The molecule has 0 aromatic carbocycles. The lowest BCUT2D eigenvalue weighted by Crippen LogP contribution is -2.43. The summed E-state index contributed by atoms with van der Waals surface area (Å²) in [5.74, 6) is -0.524. The number of aromatic nitrogens is 6. The maximum absolute atomic E-state index is 12.7. The summed E-state index contributed by atoms with van der Waals surface area (Å²) in [4.78, 5) is 37.5. The summed E-state index contributed by atoms with van der Waals surface area (Å²) in [6.45, 7) is 9.95. The van der Waals surface area contributed by atoms with Gasteiger partial charge in [-0.25, -0.2) is 9.48 Å². The molecule has 0 saturated heterocycles. The van der Waals surface area contributed by atoms with Crippen molar-refractivity contribution >= 4 is 23.4 Å². The van der Waals surface area contributed by atoms with Gasteiger partial charge in [-0.1, -0.05) is 25.6 Å². The Morgan fingerprint density at radius 2 is 1.89 bits per heavy atom. The van der Waals surface area contributed by atoms with Crippen LogP contribution in [0.3, 0.4) is 0 Å². The summed E-state index contributed by atoms with van der Waals surface area (Å²) >= 11 is 1.12. The zero-order valence-electron chi connectivity index (χ0n) is 16.4. The topological polar surface area (TPSA) is 131 Å². The fourth-order valence-corrected chi connectivity index (χ4v) is 3.41. The van der Waals surface area contributed by atoms with Crippen molar-refractivity contribution in [3.8, 4) is 0 Å². The highest BCUT2D eigenvalue weighted by atomic mass is 32.2. The zero-order valence-corrected chi connectivity index (χ0v) is 17.2. The van der Waals surface area contributed by atoms with Crippen LogP contribution in [0.25, 0.3) is 0 Å². The molecule has 0 aliphatic rings. The highest BCUT2D eigenvalue weighted by Crippen LogP contribution is 2.22. The molecule has 0 radical (unpaired) electrons. The molecule has 0 fully saturated rings. The Balaban J connectivity index is 2.37. The third kappa shape index (κ3) is 4.29. The van der Waals surface area contributed by atoms with Gasteiger partial charge in [0.05, 0.1) is 11.3 Å². The Hall–Kier alpha value is -2.43. The molecule has 148 valence electrons. The molecule has 2 rings (SSSR count). The SMILES string of the molecule is CC(C)Cn1c(N)c(C(=O)CSc2nnnn2C(C)(C)C)c(=O)n(C)c1=O. The quantitative estimate of drug-likeness (QED) is 0.553. The van der Waals surface area contributed by atoms with Crippen LogP contribution in [0.4, 0.5) is 5.82 Å². The van der Waals surface area contributed by atoms with Gasteiger partial charge < -0.3 is 5.73 Å². The number of carbonyl (C=O) groups excluding carboxylic acids is 1. The van der Waals surface area contributed by atoms with Crippen LogP contribution in [-0.4, -0.2) is 40.9 Å². The van der Waals surface area contributed by atoms with Gasteiger partial charge in [0.2, 0.25) is 5.16 Å². The van der Waals surface area contributed by atoms with Gasteiger partial charge in [0.15, 0.2) is 5.78 Å². The molecule has 0 amide bonds. The van der Waals surface area contributed by atoms with Crippen LogP contribution >= 0.6 is 11.8 Å². The zero-order chi connectivity index (χ0) is 20.5. The van der Waals surface area contributed by atoms with Crippen molar-refractivity contribution in [3.63, 3.8) is 0 Å². The second kappa shape index (κ2) is 7.67. The smallest absolute Gasteiger partial charge is 0.332 e. The summed E-state index contributed by atoms with van der Waals surface area (Å²) in [6.07, 6.45) is 0. The minimum Gasteiger partial charge on any atom is -0.384 e. The Kier molecular flexibility index (Phi) is 5.93. The lowest BCUT2D eigenvalue weighted by Gasteiger charge is -2.19. The van der Waals surface area contributed by atoms with Crippen LogP contribution in [0, 0.1) is 5.92 Å². The fourth-order valence-electron chi connectivity index (χ4n) is 2.48. The predicted molar refractivity (Wildman–Crippen MR) is 103 cm³/mol. The Bertz CT molecular complexity index is 966. The number of hydrogen-bond donors (Lipinski definition) is 1. The van der Waals surface area contributed by atoms with Crippen LogP contribution in [-0.2, 0) is 19.1 Å². The van der Waals surface area contributed by atoms with Gasteiger partial charge in [-0.15, -0.1) is 5.10 Å². The Morgan fingerprint density at radius 1 is 1.26 bits per heavy atom. The van der Waals surface area contributed by atoms with Gasteiger partial charge in [-0.2, -0.15) is 0 Å². The molecule has 2 aromatic heterocycles. The molecule has 0 unspecified atom stereocenters. The molecule has 27 heavy (non-hydrogen) atoms. The van der Waals surface area contributed by atoms with E-state index in [4.69, 9.17) is 5.73 Å². The maximum atomic E-state index is 12.7. The molecule has 0 saturated carbocycles. The number of tetrazole rings is 1. The van der Waals surface area contributed by atoms with Crippen LogP contribution in [0.1, 0.15) is 45.0 Å². The van der Waals surface area contributed by atoms with E-state index in [1.165, 1.54) is 11.6 Å². The minimum absolute atomic E-state index is 0.0736. The third-order valence-electron chi connectivity index (χ3n) is 3.82. The first kappa shape index (κ1) is 20.9. The lowest BCUT2D eigenvalue weighted by atomic mass is 10.1. The molecule has 0 aliphatic heterocycles. The summed E-state index contributed by atoms with van der Waals surface area (Å²) in [5.41, 5.74) is 4.26. The van der Waals surface area contributed by atoms with E-state index in [1.54, 1.807) is 4.68 Å².